The number of hydrogen-bond donors (Lipinski definition) is 4. The van der Waals surface area contributed by atoms with Crippen LogP contribution in [0.25, 0.3) is 0 Å². The number of hydrogen-bond acceptors (Lipinski definition) is 7. The Morgan fingerprint density at radius 3 is 2.48 bits per heavy atom. The minimum atomic E-state index is -2.15. The molecule has 0 saturated carbocycles. The summed E-state index contributed by atoms with van der Waals surface area (Å²) < 4.78 is 0. The molecule has 1 aromatic carbocycles. The molecular weight excluding hydrogens is 376 g/mol. The third kappa shape index (κ3) is 4.91. The zero-order chi connectivity index (χ0) is 21.8. The lowest BCUT2D eigenvalue weighted by Gasteiger charge is -2.36. The van der Waals surface area contributed by atoms with Gasteiger partial charge in [-0.05, 0) is 61.6 Å². The van der Waals surface area contributed by atoms with E-state index in [9.17, 15) is 34.8 Å². The fraction of sp³-hybridized carbons (Fsp3) is 0.591. The maximum atomic E-state index is 12.7. The number of aryl methyl sites for hydroxylation is 1. The molecule has 0 fully saturated rings. The molecule has 1 aliphatic carbocycles. The van der Waals surface area contributed by atoms with Crippen molar-refractivity contribution in [1.29, 1.82) is 0 Å². The predicted octanol–water partition coefficient (Wildman–Crippen LogP) is 1.36. The van der Waals surface area contributed by atoms with E-state index in [0.29, 0.717) is 18.4 Å². The van der Waals surface area contributed by atoms with E-state index in [1.807, 2.05) is 6.92 Å². The van der Waals surface area contributed by atoms with Crippen LogP contribution in [-0.4, -0.2) is 56.6 Å². The minimum Gasteiger partial charge on any atom is -0.507 e. The number of Topliss-reactive ketones (excluding diaryl/α,β-unsaturated/α-hetero) is 3. The van der Waals surface area contributed by atoms with Gasteiger partial charge in [0.05, 0.1) is 18.6 Å². The highest BCUT2D eigenvalue weighted by molar-refractivity contribution is 6.02. The van der Waals surface area contributed by atoms with Crippen molar-refractivity contribution in [3.8, 4) is 5.75 Å². The molecule has 1 aromatic rings. The van der Waals surface area contributed by atoms with Crippen molar-refractivity contribution in [3.63, 3.8) is 0 Å². The Balaban J connectivity index is 2.32. The topological polar surface area (TPSA) is 132 Å². The summed E-state index contributed by atoms with van der Waals surface area (Å²) in [4.78, 5) is 36.5. The molecule has 160 valence electrons. The molecule has 0 radical (unpaired) electrons. The van der Waals surface area contributed by atoms with Gasteiger partial charge in [0.25, 0.3) is 0 Å². The van der Waals surface area contributed by atoms with Gasteiger partial charge in [-0.15, -0.1) is 0 Å². The lowest BCUT2D eigenvalue weighted by atomic mass is 9.71. The largest absolute Gasteiger partial charge is 0.507 e. The maximum absolute atomic E-state index is 12.7. The Labute approximate surface area is 170 Å². The highest BCUT2D eigenvalue weighted by Gasteiger charge is 2.44. The average molecular weight is 406 g/mol. The summed E-state index contributed by atoms with van der Waals surface area (Å²) in [5.74, 6) is -2.46. The number of ketones is 3. The smallest absolute Gasteiger partial charge is 0.174 e. The first kappa shape index (κ1) is 23.2. The quantitative estimate of drug-likeness (QED) is 0.431. The molecule has 0 spiro atoms. The van der Waals surface area contributed by atoms with Crippen molar-refractivity contribution in [2.45, 2.75) is 58.0 Å². The SMILES string of the molecule is CCc1ccc(O)c2c1CC(CC(CCO)[C@](O)(CO)C(=O)CC(C)=O)CC2=O. The van der Waals surface area contributed by atoms with Crippen LogP contribution < -0.4 is 0 Å². The molecule has 0 aromatic heterocycles. The highest BCUT2D eigenvalue weighted by Crippen LogP contribution is 2.39. The van der Waals surface area contributed by atoms with E-state index in [0.717, 1.165) is 11.1 Å². The number of phenols is 1. The summed E-state index contributed by atoms with van der Waals surface area (Å²) >= 11 is 0. The molecule has 0 bridgehead atoms. The molecule has 4 N–H and O–H groups in total. The lowest BCUT2D eigenvalue weighted by molar-refractivity contribution is -0.152. The van der Waals surface area contributed by atoms with Gasteiger partial charge in [0, 0.05) is 13.0 Å². The first-order valence-electron chi connectivity index (χ1n) is 10.0. The molecule has 0 amide bonds. The van der Waals surface area contributed by atoms with Gasteiger partial charge in [-0.3, -0.25) is 14.4 Å². The van der Waals surface area contributed by atoms with Crippen LogP contribution in [-0.2, 0) is 22.4 Å². The maximum Gasteiger partial charge on any atom is 0.174 e. The Morgan fingerprint density at radius 2 is 1.93 bits per heavy atom. The molecule has 1 aliphatic rings. The Morgan fingerprint density at radius 1 is 1.24 bits per heavy atom. The molecule has 7 nitrogen and oxygen atoms in total. The van der Waals surface area contributed by atoms with Crippen LogP contribution in [0.2, 0.25) is 0 Å². The van der Waals surface area contributed by atoms with E-state index in [4.69, 9.17) is 0 Å². The van der Waals surface area contributed by atoms with Crippen LogP contribution in [0.1, 0.15) is 61.0 Å². The molecule has 29 heavy (non-hydrogen) atoms. The summed E-state index contributed by atoms with van der Waals surface area (Å²) in [6.07, 6.45) is 1.10. The first-order chi connectivity index (χ1) is 13.7. The average Bonchev–Trinajstić information content (AvgIpc) is 2.66. The summed E-state index contributed by atoms with van der Waals surface area (Å²) in [6.45, 7) is 2.02. The molecule has 0 aliphatic heterocycles. The summed E-state index contributed by atoms with van der Waals surface area (Å²) in [5.41, 5.74) is -0.0763. The molecule has 3 atom stereocenters. The van der Waals surface area contributed by atoms with E-state index in [1.54, 1.807) is 6.07 Å². The van der Waals surface area contributed by atoms with E-state index in [-0.39, 0.29) is 43.3 Å². The van der Waals surface area contributed by atoms with E-state index in [2.05, 4.69) is 0 Å². The number of aliphatic hydroxyl groups excluding tert-OH is 2. The second-order valence-electron chi connectivity index (χ2n) is 7.98. The van der Waals surface area contributed by atoms with Gasteiger partial charge in [0.2, 0.25) is 0 Å². The summed E-state index contributed by atoms with van der Waals surface area (Å²) in [6, 6.07) is 3.31. The fourth-order valence-electron chi connectivity index (χ4n) is 4.38. The summed E-state index contributed by atoms with van der Waals surface area (Å²) in [5, 5.41) is 40.2. The van der Waals surface area contributed by atoms with Gasteiger partial charge in [-0.1, -0.05) is 13.0 Å². The number of carbonyl (C=O) groups is 3. The van der Waals surface area contributed by atoms with Crippen LogP contribution in [0.3, 0.4) is 0 Å². The fourth-order valence-corrected chi connectivity index (χ4v) is 4.38. The van der Waals surface area contributed by atoms with Crippen molar-refractivity contribution in [3.05, 3.63) is 28.8 Å². The zero-order valence-corrected chi connectivity index (χ0v) is 17.0. The van der Waals surface area contributed by atoms with Crippen molar-refractivity contribution in [2.24, 2.45) is 11.8 Å². The molecule has 0 heterocycles. The van der Waals surface area contributed by atoms with Crippen LogP contribution in [0.4, 0.5) is 0 Å². The third-order valence-corrected chi connectivity index (χ3v) is 5.92. The predicted molar refractivity (Wildman–Crippen MR) is 106 cm³/mol. The Kier molecular flexibility index (Phi) is 7.68. The van der Waals surface area contributed by atoms with Gasteiger partial charge in [-0.2, -0.15) is 0 Å². The number of fused-ring (bicyclic) bond motifs is 1. The van der Waals surface area contributed by atoms with Crippen molar-refractivity contribution >= 4 is 17.3 Å². The number of aliphatic hydroxyl groups is 3. The van der Waals surface area contributed by atoms with Crippen LogP contribution in [0, 0.1) is 11.8 Å². The van der Waals surface area contributed by atoms with Crippen molar-refractivity contribution in [1.82, 2.24) is 0 Å². The van der Waals surface area contributed by atoms with Crippen LogP contribution in [0.15, 0.2) is 12.1 Å². The van der Waals surface area contributed by atoms with E-state index < -0.39 is 36.1 Å². The van der Waals surface area contributed by atoms with Gasteiger partial charge in [0.1, 0.15) is 17.1 Å². The minimum absolute atomic E-state index is 0.0453. The number of aromatic hydroxyl groups is 1. The number of carbonyl (C=O) groups excluding carboxylic acids is 3. The monoisotopic (exact) mass is 406 g/mol. The number of phenolic OH excluding ortho intramolecular Hbond substituents is 1. The molecule has 2 unspecified atom stereocenters. The number of benzene rings is 1. The highest BCUT2D eigenvalue weighted by atomic mass is 16.3. The van der Waals surface area contributed by atoms with E-state index >= 15 is 0 Å². The van der Waals surface area contributed by atoms with Crippen LogP contribution >= 0.6 is 0 Å². The van der Waals surface area contributed by atoms with Gasteiger partial charge >= 0.3 is 0 Å². The lowest BCUT2D eigenvalue weighted by Crippen LogP contribution is -2.51. The third-order valence-electron chi connectivity index (χ3n) is 5.92. The number of rotatable bonds is 10. The van der Waals surface area contributed by atoms with Gasteiger partial charge in [0.15, 0.2) is 11.6 Å². The zero-order valence-electron chi connectivity index (χ0n) is 17.0. The van der Waals surface area contributed by atoms with Gasteiger partial charge in [-0.25, -0.2) is 0 Å². The van der Waals surface area contributed by atoms with Crippen molar-refractivity contribution < 1.29 is 34.8 Å². The first-order valence-corrected chi connectivity index (χ1v) is 10.0. The van der Waals surface area contributed by atoms with Crippen molar-refractivity contribution in [2.75, 3.05) is 13.2 Å². The standard InChI is InChI=1S/C22H30O7/c1-3-15-4-5-18(26)21-17(15)10-14(11-19(21)27)9-16(6-7-23)22(29,12-24)20(28)8-13(2)25/h4-5,14,16,23-24,26,29H,3,6-12H2,1-2H3/t14?,16?,22-/m1/s1. The Hall–Kier alpha value is -2.09. The van der Waals surface area contributed by atoms with Gasteiger partial charge < -0.3 is 20.4 Å². The van der Waals surface area contributed by atoms with Crippen LogP contribution in [0.5, 0.6) is 5.75 Å². The molecule has 0 saturated heterocycles. The molecule has 7 heteroatoms. The second-order valence-corrected chi connectivity index (χ2v) is 7.98. The normalized spacial score (nSPS) is 19.3. The Bertz CT molecular complexity index is 786. The van der Waals surface area contributed by atoms with E-state index in [1.165, 1.54) is 13.0 Å². The summed E-state index contributed by atoms with van der Waals surface area (Å²) in [7, 11) is 0. The molecule has 2 rings (SSSR count). The molecular formula is C22H30O7. The second kappa shape index (κ2) is 9.61.